The first-order valence-corrected chi connectivity index (χ1v) is 25.5. The van der Waals surface area contributed by atoms with Gasteiger partial charge in [-0.05, 0) is 81.9 Å². The number of amides is 2. The highest BCUT2D eigenvalue weighted by Gasteiger charge is 2.76. The summed E-state index contributed by atoms with van der Waals surface area (Å²) in [7, 11) is 1.60. The van der Waals surface area contributed by atoms with Gasteiger partial charge in [-0.1, -0.05) is 106 Å². The van der Waals surface area contributed by atoms with Crippen molar-refractivity contribution in [3.63, 3.8) is 0 Å². The van der Waals surface area contributed by atoms with Crippen molar-refractivity contribution in [3.8, 4) is 0 Å². The number of ether oxygens (including phenoxy) is 5. The Labute approximate surface area is 402 Å². The Morgan fingerprint density at radius 1 is 0.941 bits per heavy atom. The lowest BCUT2D eigenvalue weighted by Crippen LogP contribution is -2.70. The van der Waals surface area contributed by atoms with E-state index < -0.39 is 89.7 Å². The van der Waals surface area contributed by atoms with E-state index in [0.717, 1.165) is 74.5 Å². The van der Waals surface area contributed by atoms with Crippen molar-refractivity contribution in [2.45, 2.75) is 204 Å². The van der Waals surface area contributed by atoms with Gasteiger partial charge in [-0.25, -0.2) is 0 Å². The van der Waals surface area contributed by atoms with Crippen LogP contribution in [0.5, 0.6) is 0 Å². The topological polar surface area (TPSA) is 166 Å². The maximum Gasteiger partial charge on any atom is 0.327 e. The van der Waals surface area contributed by atoms with Crippen molar-refractivity contribution in [3.05, 3.63) is 77.4 Å². The van der Waals surface area contributed by atoms with Crippen molar-refractivity contribution < 1.29 is 52.8 Å². The molecule has 2 aromatic rings. The van der Waals surface area contributed by atoms with E-state index in [4.69, 9.17) is 28.5 Å². The number of benzene rings is 2. The number of hydroxylamine groups is 2. The fourth-order valence-electron chi connectivity index (χ4n) is 11.4. The minimum atomic E-state index is -1.52. The summed E-state index contributed by atoms with van der Waals surface area (Å²) in [6.07, 6.45) is 12.9. The Kier molecular flexibility index (Phi) is 15.8. The lowest BCUT2D eigenvalue weighted by atomic mass is 9.62. The van der Waals surface area contributed by atoms with Gasteiger partial charge in [-0.3, -0.25) is 24.0 Å². The number of esters is 2. The molecule has 2 N–H and O–H groups in total. The first-order chi connectivity index (χ1) is 32.7. The van der Waals surface area contributed by atoms with Gasteiger partial charge >= 0.3 is 11.9 Å². The highest BCUT2D eigenvalue weighted by atomic mass is 16.8. The predicted molar refractivity (Wildman–Crippen MR) is 254 cm³/mol. The van der Waals surface area contributed by atoms with Crippen molar-refractivity contribution in [1.82, 2.24) is 15.3 Å². The minimum absolute atomic E-state index is 0.0248. The lowest BCUT2D eigenvalue weighted by Gasteiger charge is -2.50. The van der Waals surface area contributed by atoms with Crippen LogP contribution in [-0.4, -0.2) is 119 Å². The van der Waals surface area contributed by atoms with Crippen LogP contribution in [0.3, 0.4) is 0 Å². The number of fused-ring (bicyclic) bond motifs is 5. The normalized spacial score (nSPS) is 30.0. The Morgan fingerprint density at radius 2 is 1.66 bits per heavy atom. The summed E-state index contributed by atoms with van der Waals surface area (Å²) in [5, 5.41) is 15.0. The van der Waals surface area contributed by atoms with E-state index in [1.807, 2.05) is 42.5 Å². The number of nitrogens with one attached hydrogen (secondary N) is 1. The van der Waals surface area contributed by atoms with Gasteiger partial charge in [0, 0.05) is 39.2 Å². The molecule has 4 saturated heterocycles. The highest BCUT2D eigenvalue weighted by Crippen LogP contribution is 2.58. The minimum Gasteiger partial charge on any atom is -0.460 e. The highest BCUT2D eigenvalue weighted by molar-refractivity contribution is 5.96. The molecule has 2 saturated carbocycles. The van der Waals surface area contributed by atoms with Crippen LogP contribution in [0.25, 0.3) is 6.08 Å². The molecular formula is C54H75N3O11. The fourth-order valence-corrected chi connectivity index (χ4v) is 11.4. The number of epoxide rings is 1. The van der Waals surface area contributed by atoms with Crippen LogP contribution in [0.2, 0.25) is 0 Å². The van der Waals surface area contributed by atoms with Crippen molar-refractivity contribution in [1.29, 1.82) is 0 Å². The van der Waals surface area contributed by atoms with E-state index in [1.54, 1.807) is 32.9 Å². The molecule has 0 spiro atoms. The summed E-state index contributed by atoms with van der Waals surface area (Å²) in [6, 6.07) is 14.5. The molecule has 14 nitrogen and oxygen atoms in total. The summed E-state index contributed by atoms with van der Waals surface area (Å²) in [5.41, 5.74) is 0.513. The number of aliphatic hydroxyl groups excluding tert-OH is 1. The number of nitrogens with zero attached hydrogens (tertiary/aromatic N) is 2. The molecule has 11 atom stereocenters. The van der Waals surface area contributed by atoms with Gasteiger partial charge in [0.25, 0.3) is 0 Å². The molecule has 4 aliphatic heterocycles. The molecule has 0 radical (unpaired) electrons. The third-order valence-electron chi connectivity index (χ3n) is 14.9. The average molecular weight is 942 g/mol. The Morgan fingerprint density at radius 3 is 2.35 bits per heavy atom. The SMILES string of the molecule is CCCCCC1(CCCCC)OC2C3CC4(C(=O)N(C)C(Cc5ccccc5)C(=O)NC(CO)CCC(=O)OC(C)(C)C)C(ON(Cc5cccc(C=CC6CCC7OC7C6)c5)C4C(=O)O3)C2O1. The van der Waals surface area contributed by atoms with E-state index in [9.17, 15) is 19.5 Å². The number of carbonyl (C=O) groups is 4. The molecule has 372 valence electrons. The quantitative estimate of drug-likeness (QED) is 0.0685. The average Bonchev–Trinajstić information content (AvgIpc) is 3.86. The largest absolute Gasteiger partial charge is 0.460 e. The van der Waals surface area contributed by atoms with E-state index >= 15 is 4.79 Å². The molecule has 2 aliphatic carbocycles. The van der Waals surface area contributed by atoms with Crippen molar-refractivity contribution in [2.24, 2.45) is 11.3 Å². The molecule has 8 rings (SSSR count). The molecule has 2 bridgehead atoms. The summed E-state index contributed by atoms with van der Waals surface area (Å²) >= 11 is 0. The molecular weight excluding hydrogens is 867 g/mol. The zero-order valence-electron chi connectivity index (χ0n) is 41.1. The van der Waals surface area contributed by atoms with E-state index in [0.29, 0.717) is 31.0 Å². The molecule has 2 amide bonds. The van der Waals surface area contributed by atoms with E-state index in [2.05, 4.69) is 43.4 Å². The maximum absolute atomic E-state index is 16.0. The van der Waals surface area contributed by atoms with E-state index in [-0.39, 0.29) is 32.2 Å². The van der Waals surface area contributed by atoms with Crippen LogP contribution >= 0.6 is 0 Å². The molecule has 4 heterocycles. The number of aliphatic hydroxyl groups is 1. The maximum atomic E-state index is 16.0. The Bertz CT molecular complexity index is 2100. The fraction of sp³-hybridized carbons (Fsp3) is 0.667. The van der Waals surface area contributed by atoms with Gasteiger partial charge in [0.05, 0.1) is 31.4 Å². The Hall–Kier alpha value is -4.18. The van der Waals surface area contributed by atoms with Gasteiger partial charge < -0.3 is 39.0 Å². The number of rotatable bonds is 22. The molecule has 68 heavy (non-hydrogen) atoms. The van der Waals surface area contributed by atoms with Gasteiger partial charge in [0.1, 0.15) is 41.5 Å². The first-order valence-electron chi connectivity index (χ1n) is 25.5. The second-order valence-electron chi connectivity index (χ2n) is 21.2. The third kappa shape index (κ3) is 11.2. The third-order valence-corrected chi connectivity index (χ3v) is 14.9. The second-order valence-corrected chi connectivity index (χ2v) is 21.2. The first kappa shape index (κ1) is 50.2. The predicted octanol–water partition coefficient (Wildman–Crippen LogP) is 7.38. The zero-order chi connectivity index (χ0) is 48.2. The number of hydrogen-bond donors (Lipinski definition) is 2. The van der Waals surface area contributed by atoms with Gasteiger partial charge in [0.2, 0.25) is 11.8 Å². The number of carbonyl (C=O) groups excluding carboxylic acids is 4. The summed E-state index contributed by atoms with van der Waals surface area (Å²) < 4.78 is 31.8. The molecule has 2 aromatic carbocycles. The van der Waals surface area contributed by atoms with Crippen LogP contribution in [0, 0.1) is 11.3 Å². The van der Waals surface area contributed by atoms with Crippen LogP contribution in [0.4, 0.5) is 0 Å². The number of allylic oxidation sites excluding steroid dienone is 1. The van der Waals surface area contributed by atoms with Crippen LogP contribution in [0.15, 0.2) is 60.7 Å². The van der Waals surface area contributed by atoms with Crippen molar-refractivity contribution >= 4 is 29.8 Å². The molecule has 14 heteroatoms. The molecule has 0 aromatic heterocycles. The van der Waals surface area contributed by atoms with Crippen LogP contribution in [0.1, 0.15) is 141 Å². The summed E-state index contributed by atoms with van der Waals surface area (Å²) in [6.45, 7) is 9.42. The second kappa shape index (κ2) is 21.4. The molecule has 6 aliphatic rings. The monoisotopic (exact) mass is 942 g/mol. The van der Waals surface area contributed by atoms with Gasteiger partial charge in [0.15, 0.2) is 11.8 Å². The number of unbranched alkanes of at least 4 members (excludes halogenated alkanes) is 4. The van der Waals surface area contributed by atoms with Gasteiger partial charge in [-0.15, -0.1) is 0 Å². The molecule has 11 unspecified atom stereocenters. The smallest absolute Gasteiger partial charge is 0.327 e. The standard InChI is InChI=1S/C54H75N3O11/c1-7-9-14-27-53(28-15-10-8-2)66-45-43-32-54(51(62)56(6)40(30-35-17-12-11-13-18-35)49(60)55-39(34-58)24-26-44(59)65-52(3,4)5)47(50(61)64-43)57(68-48(54)46(45)67-53)33-38-20-16-19-36(29-38)21-22-37-23-25-41-42(31-37)63-41/h11-13,16-22,29,37,39-43,45-48,58H,7-10,14-15,23-28,30-34H2,1-6H3,(H,55,60). The lowest BCUT2D eigenvalue weighted by molar-refractivity contribution is -0.225. The molecule has 6 fully saturated rings. The zero-order valence-corrected chi connectivity index (χ0v) is 41.1. The van der Waals surface area contributed by atoms with Crippen LogP contribution < -0.4 is 5.32 Å². The number of likely N-dealkylation sites (N-methyl/N-ethyl adjacent to an activating group) is 1. The van der Waals surface area contributed by atoms with Crippen molar-refractivity contribution in [2.75, 3.05) is 13.7 Å². The Balaban J connectivity index is 1.11. The number of hydrogen-bond acceptors (Lipinski definition) is 12. The van der Waals surface area contributed by atoms with Gasteiger partial charge in [-0.2, -0.15) is 5.06 Å². The van der Waals surface area contributed by atoms with E-state index in [1.165, 1.54) is 4.90 Å². The van der Waals surface area contributed by atoms with Crippen LogP contribution in [-0.2, 0) is 60.7 Å². The summed E-state index contributed by atoms with van der Waals surface area (Å²) in [4.78, 5) is 66.5. The summed E-state index contributed by atoms with van der Waals surface area (Å²) in [5.74, 6) is -2.46.